The normalized spacial score (nSPS) is 12.6. The van der Waals surface area contributed by atoms with Crippen LogP contribution in [0.3, 0.4) is 0 Å². The number of benzene rings is 3. The number of rotatable bonds is 4. The van der Waals surface area contributed by atoms with E-state index in [9.17, 15) is 4.79 Å². The first-order valence-electron chi connectivity index (χ1n) is 10.8. The third-order valence-electron chi connectivity index (χ3n) is 5.84. The molecule has 5 aromatic rings. The summed E-state index contributed by atoms with van der Waals surface area (Å²) >= 11 is 3.09. The number of ether oxygens (including phenoxy) is 1. The van der Waals surface area contributed by atoms with Gasteiger partial charge in [0, 0.05) is 15.2 Å². The van der Waals surface area contributed by atoms with Crippen LogP contribution in [0, 0.1) is 6.92 Å². The van der Waals surface area contributed by atoms with E-state index in [1.807, 2.05) is 70.8 Å². The first-order chi connectivity index (χ1) is 16.6. The van der Waals surface area contributed by atoms with Gasteiger partial charge in [-0.3, -0.25) is 14.1 Å². The average Bonchev–Trinajstić information content (AvgIpc) is 3.30. The SMILES string of the molecule is COc1ccc2c(c1)cc(C)c1nnc(SCC(=O)N3c4ccccc4Sc4ccccc43)n12. The topological polar surface area (TPSA) is 59.7 Å². The van der Waals surface area contributed by atoms with Gasteiger partial charge >= 0.3 is 0 Å². The number of hydrogen-bond acceptors (Lipinski definition) is 6. The molecule has 0 saturated heterocycles. The average molecular weight is 485 g/mol. The molecule has 34 heavy (non-hydrogen) atoms. The molecule has 6 rings (SSSR count). The smallest absolute Gasteiger partial charge is 0.242 e. The first kappa shape index (κ1) is 21.1. The molecule has 8 heteroatoms. The second kappa shape index (κ2) is 8.38. The van der Waals surface area contributed by atoms with Gasteiger partial charge in [-0.15, -0.1) is 10.2 Å². The molecule has 0 saturated carbocycles. The summed E-state index contributed by atoms with van der Waals surface area (Å²) in [7, 11) is 1.66. The number of methoxy groups -OCH3 is 1. The molecule has 168 valence electrons. The Morgan fingerprint density at radius 2 is 1.68 bits per heavy atom. The predicted octanol–water partition coefficient (Wildman–Crippen LogP) is 6.12. The van der Waals surface area contributed by atoms with Crippen molar-refractivity contribution < 1.29 is 9.53 Å². The van der Waals surface area contributed by atoms with E-state index in [2.05, 4.69) is 28.4 Å². The molecule has 1 amide bonds. The summed E-state index contributed by atoms with van der Waals surface area (Å²) in [5.41, 5.74) is 4.61. The fourth-order valence-electron chi connectivity index (χ4n) is 4.28. The number of nitrogens with zero attached hydrogens (tertiary/aromatic N) is 4. The first-order valence-corrected chi connectivity index (χ1v) is 12.6. The zero-order valence-electron chi connectivity index (χ0n) is 18.6. The standard InChI is InChI=1S/C26H20N4O2S2/c1-16-13-17-14-18(32-2)11-12-19(17)30-25(16)27-28-26(30)33-15-24(31)29-20-7-3-5-9-22(20)34-23-10-6-4-8-21(23)29/h3-14H,15H2,1-2H3. The zero-order valence-corrected chi connectivity index (χ0v) is 20.2. The number of para-hydroxylation sites is 2. The predicted molar refractivity (Wildman–Crippen MR) is 137 cm³/mol. The van der Waals surface area contributed by atoms with Crippen LogP contribution in [0.4, 0.5) is 11.4 Å². The van der Waals surface area contributed by atoms with Gasteiger partial charge < -0.3 is 4.74 Å². The lowest BCUT2D eigenvalue weighted by molar-refractivity contribution is -0.115. The largest absolute Gasteiger partial charge is 0.497 e. The summed E-state index contributed by atoms with van der Waals surface area (Å²) in [6.07, 6.45) is 0. The summed E-state index contributed by atoms with van der Waals surface area (Å²) in [4.78, 5) is 17.6. The number of fused-ring (bicyclic) bond motifs is 5. The van der Waals surface area contributed by atoms with Crippen molar-refractivity contribution in [3.63, 3.8) is 0 Å². The Bertz CT molecular complexity index is 1530. The third kappa shape index (κ3) is 3.41. The zero-order chi connectivity index (χ0) is 23.2. The molecule has 0 radical (unpaired) electrons. The number of anilines is 2. The van der Waals surface area contributed by atoms with Gasteiger partial charge in [-0.05, 0) is 61.0 Å². The number of thioether (sulfide) groups is 1. The molecular weight excluding hydrogens is 464 g/mol. The van der Waals surface area contributed by atoms with Crippen molar-refractivity contribution >= 4 is 57.4 Å². The van der Waals surface area contributed by atoms with E-state index in [1.54, 1.807) is 18.9 Å². The maximum Gasteiger partial charge on any atom is 0.242 e. The van der Waals surface area contributed by atoms with Gasteiger partial charge in [0.05, 0.1) is 29.8 Å². The van der Waals surface area contributed by atoms with Crippen LogP contribution in [-0.2, 0) is 4.79 Å². The minimum Gasteiger partial charge on any atom is -0.497 e. The van der Waals surface area contributed by atoms with Crippen molar-refractivity contribution in [3.8, 4) is 5.75 Å². The van der Waals surface area contributed by atoms with Crippen LogP contribution in [-0.4, -0.2) is 33.4 Å². The Morgan fingerprint density at radius 1 is 0.971 bits per heavy atom. The van der Waals surface area contributed by atoms with Gasteiger partial charge in [-0.1, -0.05) is 47.8 Å². The van der Waals surface area contributed by atoms with Gasteiger partial charge in [0.1, 0.15) is 5.75 Å². The van der Waals surface area contributed by atoms with Crippen LogP contribution in [0.2, 0.25) is 0 Å². The summed E-state index contributed by atoms with van der Waals surface area (Å²) in [5.74, 6) is 1.03. The fourth-order valence-corrected chi connectivity index (χ4v) is 6.13. The van der Waals surface area contributed by atoms with E-state index in [0.717, 1.165) is 49.0 Å². The second-order valence-electron chi connectivity index (χ2n) is 7.95. The number of pyridine rings is 1. The minimum atomic E-state index is 0.000535. The fraction of sp³-hybridized carbons (Fsp3) is 0.115. The molecule has 6 nitrogen and oxygen atoms in total. The monoisotopic (exact) mass is 484 g/mol. The number of carbonyl (C=O) groups is 1. The van der Waals surface area contributed by atoms with E-state index in [0.29, 0.717) is 5.16 Å². The highest BCUT2D eigenvalue weighted by Gasteiger charge is 2.28. The molecule has 3 aromatic carbocycles. The van der Waals surface area contributed by atoms with E-state index < -0.39 is 0 Å². The van der Waals surface area contributed by atoms with Gasteiger partial charge in [-0.25, -0.2) is 0 Å². The molecule has 0 aliphatic carbocycles. The number of amides is 1. The number of aryl methyl sites for hydroxylation is 1. The molecule has 0 spiro atoms. The van der Waals surface area contributed by atoms with E-state index in [1.165, 1.54) is 11.8 Å². The molecule has 0 atom stereocenters. The summed E-state index contributed by atoms with van der Waals surface area (Å²) in [5, 5.41) is 10.6. The quantitative estimate of drug-likeness (QED) is 0.286. The molecule has 1 aliphatic heterocycles. The number of hydrogen-bond donors (Lipinski definition) is 0. The van der Waals surface area contributed by atoms with Crippen molar-refractivity contribution in [3.05, 3.63) is 78.4 Å². The summed E-state index contributed by atoms with van der Waals surface area (Å²) in [6, 6.07) is 24.1. The van der Waals surface area contributed by atoms with Crippen molar-refractivity contribution in [1.29, 1.82) is 0 Å². The van der Waals surface area contributed by atoms with Crippen molar-refractivity contribution in [2.75, 3.05) is 17.8 Å². The molecule has 2 aromatic heterocycles. The lowest BCUT2D eigenvalue weighted by Gasteiger charge is -2.30. The molecule has 0 bridgehead atoms. The van der Waals surface area contributed by atoms with E-state index in [4.69, 9.17) is 4.74 Å². The summed E-state index contributed by atoms with van der Waals surface area (Å²) < 4.78 is 7.42. The van der Waals surface area contributed by atoms with E-state index in [-0.39, 0.29) is 11.7 Å². The maximum atomic E-state index is 13.6. The van der Waals surface area contributed by atoms with Crippen LogP contribution in [0.1, 0.15) is 5.56 Å². The van der Waals surface area contributed by atoms with Gasteiger partial charge in [0.25, 0.3) is 0 Å². The molecule has 1 aliphatic rings. The minimum absolute atomic E-state index is 0.000535. The molecule has 0 N–H and O–H groups in total. The molecular formula is C26H20N4O2S2. The van der Waals surface area contributed by atoms with Gasteiger partial charge in [0.15, 0.2) is 10.8 Å². The molecule has 3 heterocycles. The van der Waals surface area contributed by atoms with Gasteiger partial charge in [0.2, 0.25) is 5.91 Å². The summed E-state index contributed by atoms with van der Waals surface area (Å²) in [6.45, 7) is 2.02. The highest BCUT2D eigenvalue weighted by atomic mass is 32.2. The highest BCUT2D eigenvalue weighted by Crippen LogP contribution is 2.48. The Balaban J connectivity index is 1.36. The van der Waals surface area contributed by atoms with Crippen molar-refractivity contribution in [2.45, 2.75) is 21.9 Å². The maximum absolute atomic E-state index is 13.6. The van der Waals surface area contributed by atoms with Crippen LogP contribution in [0.15, 0.2) is 87.7 Å². The van der Waals surface area contributed by atoms with Crippen LogP contribution >= 0.6 is 23.5 Å². The third-order valence-corrected chi connectivity index (χ3v) is 7.88. The molecule has 0 unspecified atom stereocenters. The van der Waals surface area contributed by atoms with Crippen molar-refractivity contribution in [1.82, 2.24) is 14.6 Å². The van der Waals surface area contributed by atoms with Gasteiger partial charge in [-0.2, -0.15) is 0 Å². The second-order valence-corrected chi connectivity index (χ2v) is 9.98. The Kier molecular flexibility index (Phi) is 5.19. The van der Waals surface area contributed by atoms with Crippen molar-refractivity contribution in [2.24, 2.45) is 0 Å². The Hall–Kier alpha value is -3.49. The van der Waals surface area contributed by atoms with E-state index >= 15 is 0 Å². The number of aromatic nitrogens is 3. The highest BCUT2D eigenvalue weighted by molar-refractivity contribution is 8.00. The lowest BCUT2D eigenvalue weighted by atomic mass is 10.1. The Labute approximate surface area is 204 Å². The molecule has 0 fully saturated rings. The van der Waals surface area contributed by atoms with Crippen LogP contribution < -0.4 is 9.64 Å². The van der Waals surface area contributed by atoms with Crippen LogP contribution in [0.5, 0.6) is 5.75 Å². The lowest BCUT2D eigenvalue weighted by Crippen LogP contribution is -2.30. The van der Waals surface area contributed by atoms with Crippen LogP contribution in [0.25, 0.3) is 16.6 Å². The number of carbonyl (C=O) groups excluding carboxylic acids is 1. The Morgan fingerprint density at radius 3 is 2.38 bits per heavy atom.